The number of ether oxygens (including phenoxy) is 1. The fraction of sp³-hybridized carbons (Fsp3) is 0.844. The Balaban J connectivity index is 1.26. The Hall–Kier alpha value is -0.970. The molecule has 2 saturated carbocycles. The van der Waals surface area contributed by atoms with Crippen LogP contribution in [0.25, 0.3) is 0 Å². The van der Waals surface area contributed by atoms with E-state index >= 15 is 0 Å². The Morgan fingerprint density at radius 2 is 1.97 bits per heavy atom. The molecule has 0 aromatic carbocycles. The highest BCUT2D eigenvalue weighted by molar-refractivity contribution is 5.91. The van der Waals surface area contributed by atoms with Gasteiger partial charge in [-0.1, -0.05) is 37.5 Å². The normalized spacial score (nSPS) is 46.9. The second-order valence-electron chi connectivity index (χ2n) is 14.3. The van der Waals surface area contributed by atoms with Crippen LogP contribution in [0.1, 0.15) is 85.5 Å². The van der Waals surface area contributed by atoms with E-state index in [-0.39, 0.29) is 11.0 Å². The van der Waals surface area contributed by atoms with Gasteiger partial charge in [0.25, 0.3) is 0 Å². The van der Waals surface area contributed by atoms with E-state index in [4.69, 9.17) is 4.74 Å². The van der Waals surface area contributed by atoms with E-state index in [1.807, 2.05) is 6.08 Å². The quantitative estimate of drug-likeness (QED) is 0.459. The van der Waals surface area contributed by atoms with Crippen molar-refractivity contribution >= 4 is 5.78 Å². The molecule has 0 N–H and O–H groups in total. The summed E-state index contributed by atoms with van der Waals surface area (Å²) in [4.78, 5) is 17.3. The van der Waals surface area contributed by atoms with Gasteiger partial charge in [-0.05, 0) is 108 Å². The van der Waals surface area contributed by atoms with Crippen molar-refractivity contribution in [2.24, 2.45) is 35.0 Å². The predicted molar refractivity (Wildman–Crippen MR) is 146 cm³/mol. The Kier molecular flexibility index (Phi) is 6.37. The van der Waals surface area contributed by atoms with Gasteiger partial charge in [0, 0.05) is 38.0 Å². The maximum atomic E-state index is 12.2. The minimum atomic E-state index is 0.0214. The highest BCUT2D eigenvalue weighted by Gasteiger charge is 2.59. The van der Waals surface area contributed by atoms with Crippen molar-refractivity contribution in [2.75, 3.05) is 33.7 Å². The molecule has 2 heterocycles. The van der Waals surface area contributed by atoms with Crippen LogP contribution in [0, 0.1) is 35.0 Å². The largest absolute Gasteiger partial charge is 0.369 e. The van der Waals surface area contributed by atoms with Gasteiger partial charge in [-0.15, -0.1) is 0 Å². The van der Waals surface area contributed by atoms with Crippen LogP contribution >= 0.6 is 0 Å². The Labute approximate surface area is 219 Å². The Morgan fingerprint density at radius 1 is 1.17 bits per heavy atom. The molecule has 4 heteroatoms. The van der Waals surface area contributed by atoms with Gasteiger partial charge in [0.15, 0.2) is 5.78 Å². The molecule has 0 amide bonds. The second-order valence-corrected chi connectivity index (χ2v) is 14.3. The van der Waals surface area contributed by atoms with E-state index in [9.17, 15) is 4.79 Å². The van der Waals surface area contributed by atoms with Crippen molar-refractivity contribution in [3.8, 4) is 0 Å². The van der Waals surface area contributed by atoms with Gasteiger partial charge >= 0.3 is 0 Å². The minimum Gasteiger partial charge on any atom is -0.369 e. The molecule has 4 nitrogen and oxygen atoms in total. The van der Waals surface area contributed by atoms with Gasteiger partial charge in [-0.3, -0.25) is 9.69 Å². The summed E-state index contributed by atoms with van der Waals surface area (Å²) in [5, 5.41) is 0. The van der Waals surface area contributed by atoms with Crippen LogP contribution in [0.15, 0.2) is 22.8 Å². The number of hydrogen-bond acceptors (Lipinski definition) is 4. The molecule has 200 valence electrons. The van der Waals surface area contributed by atoms with Crippen molar-refractivity contribution in [3.63, 3.8) is 0 Å². The molecule has 8 unspecified atom stereocenters. The number of carbonyl (C=O) groups excluding carboxylic acids is 1. The monoisotopic (exact) mass is 494 g/mol. The van der Waals surface area contributed by atoms with Crippen molar-refractivity contribution in [2.45, 2.75) is 103 Å². The number of rotatable bonds is 3. The molecule has 9 atom stereocenters. The number of allylic oxidation sites excluding steroid dienone is 3. The molecule has 0 radical (unpaired) electrons. The molecule has 1 spiro atoms. The topological polar surface area (TPSA) is 32.8 Å². The number of hydrogen-bond donors (Lipinski definition) is 0. The zero-order chi connectivity index (χ0) is 25.4. The lowest BCUT2D eigenvalue weighted by Crippen LogP contribution is -2.53. The Bertz CT molecular complexity index is 967. The zero-order valence-corrected chi connectivity index (χ0v) is 23.8. The van der Waals surface area contributed by atoms with Gasteiger partial charge in [0.05, 0.1) is 11.7 Å². The van der Waals surface area contributed by atoms with Crippen LogP contribution < -0.4 is 0 Å². The summed E-state index contributed by atoms with van der Waals surface area (Å²) in [6, 6.07) is 0.575. The summed E-state index contributed by atoms with van der Waals surface area (Å²) in [6.07, 6.45) is 12.9. The Morgan fingerprint density at radius 3 is 2.75 bits per heavy atom. The summed E-state index contributed by atoms with van der Waals surface area (Å²) in [6.45, 7) is 13.4. The second kappa shape index (κ2) is 9.06. The van der Waals surface area contributed by atoms with Gasteiger partial charge < -0.3 is 9.64 Å². The number of fused-ring (bicyclic) bond motifs is 6. The van der Waals surface area contributed by atoms with Crippen molar-refractivity contribution in [1.82, 2.24) is 9.80 Å². The fourth-order valence-corrected chi connectivity index (χ4v) is 10.1. The van der Waals surface area contributed by atoms with E-state index in [1.54, 1.807) is 11.1 Å². The summed E-state index contributed by atoms with van der Waals surface area (Å²) in [7, 11) is 4.40. The molecule has 4 aliphatic carbocycles. The molecule has 4 fully saturated rings. The molecule has 2 aliphatic heterocycles. The first kappa shape index (κ1) is 25.3. The summed E-state index contributed by atoms with van der Waals surface area (Å²) in [5.41, 5.74) is 5.21. The van der Waals surface area contributed by atoms with E-state index in [0.717, 1.165) is 56.5 Å². The van der Waals surface area contributed by atoms with Gasteiger partial charge in [0.1, 0.15) is 0 Å². The number of carbonyl (C=O) groups is 1. The summed E-state index contributed by atoms with van der Waals surface area (Å²) < 4.78 is 7.25. The first-order valence-corrected chi connectivity index (χ1v) is 15.1. The van der Waals surface area contributed by atoms with Crippen molar-refractivity contribution in [1.29, 1.82) is 0 Å². The average molecular weight is 495 g/mol. The third kappa shape index (κ3) is 3.92. The molecule has 6 aliphatic rings. The van der Waals surface area contributed by atoms with Gasteiger partial charge in [-0.25, -0.2) is 0 Å². The van der Waals surface area contributed by atoms with Crippen LogP contribution in [0.4, 0.5) is 0 Å². The van der Waals surface area contributed by atoms with E-state index in [0.29, 0.717) is 29.8 Å². The lowest BCUT2D eigenvalue weighted by Gasteiger charge is -2.48. The lowest BCUT2D eigenvalue weighted by molar-refractivity contribution is -0.116. The van der Waals surface area contributed by atoms with Gasteiger partial charge in [0.2, 0.25) is 0 Å². The third-order valence-corrected chi connectivity index (χ3v) is 12.0. The number of ketones is 1. The van der Waals surface area contributed by atoms with Crippen LogP contribution in [-0.4, -0.2) is 67.1 Å². The smallest absolute Gasteiger partial charge is 0.155 e. The first-order chi connectivity index (χ1) is 17.1. The zero-order valence-electron chi connectivity index (χ0n) is 23.8. The highest BCUT2D eigenvalue weighted by Crippen LogP contribution is 2.64. The van der Waals surface area contributed by atoms with Crippen LogP contribution in [-0.2, 0) is 9.53 Å². The van der Waals surface area contributed by atoms with E-state index in [2.05, 4.69) is 51.6 Å². The van der Waals surface area contributed by atoms with Crippen molar-refractivity contribution < 1.29 is 9.53 Å². The maximum absolute atomic E-state index is 12.2. The molecule has 36 heavy (non-hydrogen) atoms. The molecule has 6 rings (SSSR count). The molecular weight excluding hydrogens is 444 g/mol. The molecule has 2 saturated heterocycles. The number of likely N-dealkylation sites (N-methyl/N-ethyl adjacent to an activating group) is 1. The molecule has 0 aromatic heterocycles. The highest BCUT2D eigenvalue weighted by atomic mass is 16.5. The maximum Gasteiger partial charge on any atom is 0.155 e. The third-order valence-electron chi connectivity index (χ3n) is 12.0. The lowest BCUT2D eigenvalue weighted by atomic mass is 9.56. The summed E-state index contributed by atoms with van der Waals surface area (Å²) in [5.74, 6) is 3.96. The van der Waals surface area contributed by atoms with Crippen LogP contribution in [0.2, 0.25) is 0 Å². The van der Waals surface area contributed by atoms with Gasteiger partial charge in [-0.2, -0.15) is 0 Å². The predicted octanol–water partition coefficient (Wildman–Crippen LogP) is 5.87. The standard InChI is InChI=1S/C32H50N2O2/c1-20-15-29-30(34(19-20)14-13-33(5)6)22(3)32(36-29)12-10-25-26-8-7-23-16-24(35)9-11-31(23,4)28(26)17-27(25)21(2)18-32/h16,20,22,25-26,28-30H,7-15,17-19H2,1-6H3/t20?,22-,25?,26?,28?,29?,30?,31?,32?/m1/s1. The summed E-state index contributed by atoms with van der Waals surface area (Å²) >= 11 is 0. The SMILES string of the molecule is CC1=C2CC3C(CCC4=CC(=O)CCC43C)C2CCC2(C1)OC1CC(C)CN(CCN(C)C)C1[C@H]2C. The fourth-order valence-electron chi connectivity index (χ4n) is 10.1. The van der Waals surface area contributed by atoms with Crippen molar-refractivity contribution in [3.05, 3.63) is 22.8 Å². The molecule has 0 bridgehead atoms. The van der Waals surface area contributed by atoms with Crippen LogP contribution in [0.3, 0.4) is 0 Å². The van der Waals surface area contributed by atoms with E-state index < -0.39 is 0 Å². The molecular formula is C32H50N2O2. The van der Waals surface area contributed by atoms with E-state index in [1.165, 1.54) is 44.2 Å². The average Bonchev–Trinajstić information content (AvgIpc) is 3.28. The number of likely N-dealkylation sites (tertiary alicyclic amines) is 1. The first-order valence-electron chi connectivity index (χ1n) is 15.1. The van der Waals surface area contributed by atoms with Crippen LogP contribution in [0.5, 0.6) is 0 Å². The number of nitrogens with zero attached hydrogens (tertiary/aromatic N) is 2. The molecule has 0 aromatic rings. The minimum absolute atomic E-state index is 0.0214. The number of piperidine rings is 1.